The van der Waals surface area contributed by atoms with Crippen LogP contribution in [0.2, 0.25) is 0 Å². The fourth-order valence-corrected chi connectivity index (χ4v) is 1.59. The van der Waals surface area contributed by atoms with E-state index in [0.29, 0.717) is 13.0 Å². The van der Waals surface area contributed by atoms with Gasteiger partial charge < -0.3 is 10.0 Å². The molecule has 4 N–H and O–H groups in total. The Kier molecular flexibility index (Phi) is 5.96. The molecule has 0 amide bonds. The Morgan fingerprint density at radius 2 is 2.00 bits per heavy atom. The third-order valence-corrected chi connectivity index (χ3v) is 2.67. The topological polar surface area (TPSA) is 87.3 Å². The summed E-state index contributed by atoms with van der Waals surface area (Å²) in [4.78, 5) is 8.77. The Morgan fingerprint density at radius 3 is 2.55 bits per heavy atom. The van der Waals surface area contributed by atoms with E-state index in [4.69, 9.17) is 10.9 Å². The summed E-state index contributed by atoms with van der Waals surface area (Å²) >= 11 is 0. The van der Waals surface area contributed by atoms with Gasteiger partial charge in [0.1, 0.15) is 5.82 Å². The molecule has 1 aromatic rings. The van der Waals surface area contributed by atoms with Crippen LogP contribution in [0, 0.1) is 0 Å². The lowest BCUT2D eigenvalue weighted by Gasteiger charge is -2.19. The van der Waals surface area contributed by atoms with Crippen molar-refractivity contribution < 1.29 is 18.3 Å². The number of hydrogen-bond donors (Lipinski definition) is 3. The summed E-state index contributed by atoms with van der Waals surface area (Å²) in [5, 5.41) is 8.66. The van der Waals surface area contributed by atoms with Crippen molar-refractivity contribution in [3.05, 3.63) is 11.8 Å². The zero-order valence-electron chi connectivity index (χ0n) is 11.1. The number of unbranched alkanes of at least 4 members (excludes halogenated alkanes) is 2. The fourth-order valence-electron chi connectivity index (χ4n) is 1.59. The summed E-state index contributed by atoms with van der Waals surface area (Å²) in [6, 6.07) is 0.882. The van der Waals surface area contributed by atoms with E-state index in [1.165, 1.54) is 0 Å². The minimum absolute atomic E-state index is 0.108. The minimum Gasteiger partial charge on any atom is -0.396 e. The number of aromatic nitrogens is 2. The number of alkyl halides is 3. The van der Waals surface area contributed by atoms with Crippen molar-refractivity contribution in [3.63, 3.8) is 0 Å². The lowest BCUT2D eigenvalue weighted by atomic mass is 10.2. The number of hydrazine groups is 1. The number of aliphatic hydroxyl groups excluding tert-OH is 1. The zero-order valence-corrected chi connectivity index (χ0v) is 11.1. The Labute approximate surface area is 114 Å². The first-order chi connectivity index (χ1) is 9.38. The van der Waals surface area contributed by atoms with Crippen molar-refractivity contribution in [1.82, 2.24) is 9.97 Å². The SMILES string of the molecule is CN(CCCCCO)c1cc(C(F)(F)F)nc(NN)n1. The number of nitrogens with two attached hydrogens (primary N) is 1. The molecule has 20 heavy (non-hydrogen) atoms. The van der Waals surface area contributed by atoms with E-state index < -0.39 is 11.9 Å². The van der Waals surface area contributed by atoms with Gasteiger partial charge in [0.25, 0.3) is 0 Å². The van der Waals surface area contributed by atoms with Crippen molar-refractivity contribution in [2.45, 2.75) is 25.4 Å². The quantitative estimate of drug-likeness (QED) is 0.400. The number of aliphatic hydroxyl groups is 1. The Balaban J connectivity index is 2.82. The van der Waals surface area contributed by atoms with Gasteiger partial charge in [0, 0.05) is 26.3 Å². The van der Waals surface area contributed by atoms with Gasteiger partial charge in [-0.1, -0.05) is 0 Å². The second-order valence-electron chi connectivity index (χ2n) is 4.28. The maximum Gasteiger partial charge on any atom is 0.433 e. The first kappa shape index (κ1) is 16.4. The molecule has 9 heteroatoms. The lowest BCUT2D eigenvalue weighted by molar-refractivity contribution is -0.141. The second-order valence-corrected chi connectivity index (χ2v) is 4.28. The molecule has 0 spiro atoms. The molecule has 1 heterocycles. The van der Waals surface area contributed by atoms with Gasteiger partial charge in [-0.3, -0.25) is 5.43 Å². The van der Waals surface area contributed by atoms with E-state index in [-0.39, 0.29) is 18.4 Å². The molecular weight excluding hydrogens is 275 g/mol. The summed E-state index contributed by atoms with van der Waals surface area (Å²) < 4.78 is 38.1. The van der Waals surface area contributed by atoms with Gasteiger partial charge in [-0.05, 0) is 19.3 Å². The van der Waals surface area contributed by atoms with E-state index in [1.807, 2.05) is 5.43 Å². The largest absolute Gasteiger partial charge is 0.433 e. The standard InChI is InChI=1S/C11H18F3N5O/c1-19(5-3-2-4-6-20)9-7-8(11(12,13)14)16-10(17-9)18-15/h7,20H,2-6,15H2,1H3,(H,16,17,18). The molecule has 0 aliphatic carbocycles. The van der Waals surface area contributed by atoms with E-state index in [9.17, 15) is 13.2 Å². The van der Waals surface area contributed by atoms with Crippen LogP contribution in [0.4, 0.5) is 24.9 Å². The van der Waals surface area contributed by atoms with Crippen molar-refractivity contribution >= 4 is 11.8 Å². The zero-order chi connectivity index (χ0) is 15.2. The van der Waals surface area contributed by atoms with Gasteiger partial charge in [-0.15, -0.1) is 0 Å². The summed E-state index contributed by atoms with van der Waals surface area (Å²) in [7, 11) is 1.64. The molecule has 0 aliphatic rings. The van der Waals surface area contributed by atoms with Crippen LogP contribution >= 0.6 is 0 Å². The summed E-state index contributed by atoms with van der Waals surface area (Å²) in [6.07, 6.45) is -2.35. The van der Waals surface area contributed by atoms with Crippen molar-refractivity contribution in [2.24, 2.45) is 5.84 Å². The predicted molar refractivity (Wildman–Crippen MR) is 69.1 cm³/mol. The highest BCUT2D eigenvalue weighted by atomic mass is 19.4. The van der Waals surface area contributed by atoms with E-state index in [1.54, 1.807) is 11.9 Å². The minimum atomic E-state index is -4.55. The van der Waals surface area contributed by atoms with Gasteiger partial charge in [-0.25, -0.2) is 10.8 Å². The van der Waals surface area contributed by atoms with E-state index >= 15 is 0 Å². The molecule has 114 valence electrons. The monoisotopic (exact) mass is 293 g/mol. The van der Waals surface area contributed by atoms with E-state index in [0.717, 1.165) is 18.9 Å². The van der Waals surface area contributed by atoms with Crippen LogP contribution in [0.3, 0.4) is 0 Å². The number of nitrogen functional groups attached to an aromatic ring is 1. The highest BCUT2D eigenvalue weighted by Gasteiger charge is 2.34. The molecule has 0 radical (unpaired) electrons. The molecule has 0 saturated heterocycles. The lowest BCUT2D eigenvalue weighted by Crippen LogP contribution is -2.23. The number of hydrogen-bond acceptors (Lipinski definition) is 6. The Hall–Kier alpha value is -1.61. The molecular formula is C11H18F3N5O. The fraction of sp³-hybridized carbons (Fsp3) is 0.636. The van der Waals surface area contributed by atoms with Crippen molar-refractivity contribution in [1.29, 1.82) is 0 Å². The number of nitrogens with one attached hydrogen (secondary N) is 1. The maximum atomic E-state index is 12.7. The molecule has 1 aromatic heterocycles. The molecule has 1 rings (SSSR count). The highest BCUT2D eigenvalue weighted by Crippen LogP contribution is 2.30. The Morgan fingerprint density at radius 1 is 1.30 bits per heavy atom. The molecule has 0 bridgehead atoms. The van der Waals surface area contributed by atoms with Crippen LogP contribution in [0.15, 0.2) is 6.07 Å². The van der Waals surface area contributed by atoms with Crippen LogP contribution in [0.25, 0.3) is 0 Å². The average molecular weight is 293 g/mol. The predicted octanol–water partition coefficient (Wildman–Crippen LogP) is 1.38. The van der Waals surface area contributed by atoms with E-state index in [2.05, 4.69) is 9.97 Å². The molecule has 0 saturated carbocycles. The summed E-state index contributed by atoms with van der Waals surface area (Å²) in [5.41, 5.74) is 0.985. The molecule has 0 atom stereocenters. The number of halogens is 3. The van der Waals surface area contributed by atoms with Gasteiger partial charge in [0.15, 0.2) is 5.69 Å². The summed E-state index contributed by atoms with van der Waals surface area (Å²) in [5.74, 6) is 4.94. The highest BCUT2D eigenvalue weighted by molar-refractivity contribution is 5.44. The Bertz CT molecular complexity index is 427. The number of anilines is 2. The first-order valence-corrected chi connectivity index (χ1v) is 6.13. The smallest absolute Gasteiger partial charge is 0.396 e. The molecule has 0 aromatic carbocycles. The first-order valence-electron chi connectivity index (χ1n) is 6.13. The van der Waals surface area contributed by atoms with Gasteiger partial charge in [-0.2, -0.15) is 18.2 Å². The normalized spacial score (nSPS) is 11.5. The second kappa shape index (κ2) is 7.25. The molecule has 0 fully saturated rings. The molecule has 6 nitrogen and oxygen atoms in total. The van der Waals surface area contributed by atoms with Crippen LogP contribution in [-0.4, -0.2) is 35.3 Å². The number of rotatable bonds is 7. The van der Waals surface area contributed by atoms with Gasteiger partial charge in [0.05, 0.1) is 0 Å². The van der Waals surface area contributed by atoms with Crippen LogP contribution in [0.5, 0.6) is 0 Å². The maximum absolute atomic E-state index is 12.7. The summed E-state index contributed by atoms with van der Waals surface area (Å²) in [6.45, 7) is 0.634. The van der Waals surface area contributed by atoms with Crippen molar-refractivity contribution in [3.8, 4) is 0 Å². The van der Waals surface area contributed by atoms with Crippen LogP contribution in [0.1, 0.15) is 25.0 Å². The van der Waals surface area contributed by atoms with Crippen LogP contribution < -0.4 is 16.2 Å². The van der Waals surface area contributed by atoms with Gasteiger partial charge >= 0.3 is 6.18 Å². The van der Waals surface area contributed by atoms with Gasteiger partial charge in [0.2, 0.25) is 5.95 Å². The van der Waals surface area contributed by atoms with Crippen LogP contribution in [-0.2, 0) is 6.18 Å². The third kappa shape index (κ3) is 4.82. The third-order valence-electron chi connectivity index (χ3n) is 2.67. The number of nitrogens with zero attached hydrogens (tertiary/aromatic N) is 3. The molecule has 0 unspecified atom stereocenters. The average Bonchev–Trinajstić information content (AvgIpc) is 2.41. The van der Waals surface area contributed by atoms with Crippen molar-refractivity contribution in [2.75, 3.05) is 30.5 Å². The molecule has 0 aliphatic heterocycles.